The molecule has 0 saturated heterocycles. The van der Waals surface area contributed by atoms with Crippen LogP contribution in [0.2, 0.25) is 0 Å². The van der Waals surface area contributed by atoms with Gasteiger partial charge in [0.1, 0.15) is 0 Å². The maximum Gasteiger partial charge on any atom is 0.166 e. The van der Waals surface area contributed by atoms with Crippen LogP contribution in [0.3, 0.4) is 0 Å². The van der Waals surface area contributed by atoms with Crippen molar-refractivity contribution in [2.24, 2.45) is 0 Å². The van der Waals surface area contributed by atoms with Crippen molar-refractivity contribution in [2.75, 3.05) is 6.61 Å². The number of rotatable bonds is 4. The number of phenolic OH excluding ortho intramolecular Hbond substituents is 1. The fraction of sp³-hybridized carbons (Fsp3) is 0.167. The number of fused-ring (bicyclic) bond motifs is 2. The lowest BCUT2D eigenvalue weighted by atomic mass is 9.89. The van der Waals surface area contributed by atoms with Crippen LogP contribution < -0.4 is 4.74 Å². The molecule has 4 rings (SSSR count). The zero-order chi connectivity index (χ0) is 18.1. The number of benzene rings is 4. The second kappa shape index (κ2) is 6.72. The lowest BCUT2D eigenvalue weighted by Gasteiger charge is -2.18. The number of phenols is 1. The summed E-state index contributed by atoms with van der Waals surface area (Å²) in [6.45, 7) is 4.74. The average molecular weight is 342 g/mol. The van der Waals surface area contributed by atoms with E-state index in [4.69, 9.17) is 4.74 Å². The lowest BCUT2D eigenvalue weighted by Crippen LogP contribution is -1.97. The van der Waals surface area contributed by atoms with Crippen molar-refractivity contribution in [2.45, 2.75) is 20.3 Å². The Bertz CT molecular complexity index is 1100. The van der Waals surface area contributed by atoms with Gasteiger partial charge in [-0.05, 0) is 52.1 Å². The van der Waals surface area contributed by atoms with Crippen molar-refractivity contribution in [1.29, 1.82) is 0 Å². The summed E-state index contributed by atoms with van der Waals surface area (Å²) in [5.74, 6) is 0.768. The van der Waals surface area contributed by atoms with E-state index in [1.54, 1.807) is 0 Å². The van der Waals surface area contributed by atoms with Gasteiger partial charge in [0.25, 0.3) is 0 Å². The van der Waals surface area contributed by atoms with Gasteiger partial charge in [0.05, 0.1) is 6.61 Å². The van der Waals surface area contributed by atoms with Crippen LogP contribution in [-0.2, 0) is 0 Å². The highest BCUT2D eigenvalue weighted by molar-refractivity contribution is 6.09. The van der Waals surface area contributed by atoms with Gasteiger partial charge in [-0.3, -0.25) is 0 Å². The first kappa shape index (κ1) is 16.5. The van der Waals surface area contributed by atoms with E-state index >= 15 is 0 Å². The summed E-state index contributed by atoms with van der Waals surface area (Å²) in [4.78, 5) is 0. The molecule has 4 aromatic carbocycles. The number of aromatic hydroxyl groups is 1. The predicted molar refractivity (Wildman–Crippen MR) is 109 cm³/mol. The standard InChI is InChI=1S/C24H22O2/c1-3-14-26-21-15-18-9-5-7-11-20(18)23(24(21)25)22-16(2)12-13-17-8-4-6-10-19(17)22/h4-13,15,25H,3,14H2,1-2H3. The third-order valence-electron chi connectivity index (χ3n) is 4.84. The Hall–Kier alpha value is -3.00. The van der Waals surface area contributed by atoms with Crippen molar-refractivity contribution < 1.29 is 9.84 Å². The van der Waals surface area contributed by atoms with Gasteiger partial charge in [-0.15, -0.1) is 0 Å². The van der Waals surface area contributed by atoms with Crippen molar-refractivity contribution in [3.63, 3.8) is 0 Å². The molecule has 2 heteroatoms. The van der Waals surface area contributed by atoms with E-state index < -0.39 is 0 Å². The van der Waals surface area contributed by atoms with Crippen LogP contribution in [0.5, 0.6) is 11.5 Å². The highest BCUT2D eigenvalue weighted by Crippen LogP contribution is 2.46. The zero-order valence-corrected chi connectivity index (χ0v) is 15.1. The van der Waals surface area contributed by atoms with Gasteiger partial charge in [-0.2, -0.15) is 0 Å². The van der Waals surface area contributed by atoms with Gasteiger partial charge in [0, 0.05) is 5.56 Å². The van der Waals surface area contributed by atoms with E-state index in [1.165, 1.54) is 0 Å². The largest absolute Gasteiger partial charge is 0.504 e. The van der Waals surface area contributed by atoms with Crippen molar-refractivity contribution in [3.05, 3.63) is 72.3 Å². The average Bonchev–Trinajstić information content (AvgIpc) is 2.67. The monoisotopic (exact) mass is 342 g/mol. The van der Waals surface area contributed by atoms with E-state index in [0.717, 1.165) is 44.7 Å². The van der Waals surface area contributed by atoms with E-state index in [0.29, 0.717) is 12.4 Å². The van der Waals surface area contributed by atoms with Gasteiger partial charge in [-0.25, -0.2) is 0 Å². The Morgan fingerprint density at radius 3 is 2.19 bits per heavy atom. The summed E-state index contributed by atoms with van der Waals surface area (Å²) in [5.41, 5.74) is 3.05. The molecule has 2 nitrogen and oxygen atoms in total. The molecular formula is C24H22O2. The summed E-state index contributed by atoms with van der Waals surface area (Å²) in [7, 11) is 0. The molecule has 1 N–H and O–H groups in total. The van der Waals surface area contributed by atoms with Gasteiger partial charge in [-0.1, -0.05) is 67.6 Å². The second-order valence-corrected chi connectivity index (χ2v) is 6.65. The van der Waals surface area contributed by atoms with Gasteiger partial charge in [0.15, 0.2) is 11.5 Å². The molecule has 0 fully saturated rings. The molecule has 0 radical (unpaired) electrons. The first-order valence-electron chi connectivity index (χ1n) is 9.07. The maximum absolute atomic E-state index is 11.1. The van der Waals surface area contributed by atoms with Crippen LogP contribution in [-0.4, -0.2) is 11.7 Å². The molecule has 0 bridgehead atoms. The van der Waals surface area contributed by atoms with Crippen LogP contribution in [0.1, 0.15) is 18.9 Å². The van der Waals surface area contributed by atoms with Gasteiger partial charge < -0.3 is 9.84 Å². The Balaban J connectivity index is 2.11. The molecule has 0 heterocycles. The van der Waals surface area contributed by atoms with Crippen LogP contribution in [0.25, 0.3) is 32.7 Å². The smallest absolute Gasteiger partial charge is 0.166 e. The van der Waals surface area contributed by atoms with Gasteiger partial charge in [0.2, 0.25) is 0 Å². The minimum atomic E-state index is 0.219. The molecule has 130 valence electrons. The SMILES string of the molecule is CCCOc1cc2ccccc2c(-c2c(C)ccc3ccccc23)c1O. The second-order valence-electron chi connectivity index (χ2n) is 6.65. The first-order chi connectivity index (χ1) is 12.7. The fourth-order valence-electron chi connectivity index (χ4n) is 3.60. The van der Waals surface area contributed by atoms with Gasteiger partial charge >= 0.3 is 0 Å². The Kier molecular flexibility index (Phi) is 4.26. The quantitative estimate of drug-likeness (QED) is 0.461. The van der Waals surface area contributed by atoms with E-state index in [2.05, 4.69) is 50.2 Å². The number of ether oxygens (including phenoxy) is 1. The van der Waals surface area contributed by atoms with Crippen LogP contribution in [0.15, 0.2) is 66.7 Å². The maximum atomic E-state index is 11.1. The fourth-order valence-corrected chi connectivity index (χ4v) is 3.60. The van der Waals surface area contributed by atoms with Crippen molar-refractivity contribution in [1.82, 2.24) is 0 Å². The predicted octanol–water partition coefficient (Wildman–Crippen LogP) is 6.46. The number of aryl methyl sites for hydroxylation is 1. The molecule has 0 aliphatic rings. The van der Waals surface area contributed by atoms with Crippen molar-refractivity contribution >= 4 is 21.5 Å². The third kappa shape index (κ3) is 2.68. The molecule has 0 spiro atoms. The minimum Gasteiger partial charge on any atom is -0.504 e. The zero-order valence-electron chi connectivity index (χ0n) is 15.1. The molecule has 0 aliphatic carbocycles. The lowest BCUT2D eigenvalue weighted by molar-refractivity contribution is 0.300. The third-order valence-corrected chi connectivity index (χ3v) is 4.84. The van der Waals surface area contributed by atoms with Crippen LogP contribution in [0, 0.1) is 6.92 Å². The highest BCUT2D eigenvalue weighted by atomic mass is 16.5. The van der Waals surface area contributed by atoms with E-state index in [1.807, 2.05) is 30.3 Å². The first-order valence-corrected chi connectivity index (χ1v) is 9.07. The molecule has 0 unspecified atom stereocenters. The van der Waals surface area contributed by atoms with Crippen LogP contribution in [0.4, 0.5) is 0 Å². The van der Waals surface area contributed by atoms with Crippen LogP contribution >= 0.6 is 0 Å². The highest BCUT2D eigenvalue weighted by Gasteiger charge is 2.19. The molecule has 4 aromatic rings. The normalized spacial score (nSPS) is 11.2. The number of hydrogen-bond donors (Lipinski definition) is 1. The Labute approximate surface area is 153 Å². The summed E-state index contributed by atoms with van der Waals surface area (Å²) >= 11 is 0. The molecule has 0 saturated carbocycles. The molecule has 26 heavy (non-hydrogen) atoms. The summed E-state index contributed by atoms with van der Waals surface area (Å²) in [5, 5.41) is 15.5. The molecule has 0 aliphatic heterocycles. The van der Waals surface area contributed by atoms with Crippen molar-refractivity contribution in [3.8, 4) is 22.6 Å². The Morgan fingerprint density at radius 1 is 0.808 bits per heavy atom. The molecule has 0 aromatic heterocycles. The summed E-state index contributed by atoms with van der Waals surface area (Å²) in [6.07, 6.45) is 0.898. The molecular weight excluding hydrogens is 320 g/mol. The molecule has 0 amide bonds. The summed E-state index contributed by atoms with van der Waals surface area (Å²) < 4.78 is 5.86. The number of hydrogen-bond acceptors (Lipinski definition) is 2. The van der Waals surface area contributed by atoms with E-state index in [9.17, 15) is 5.11 Å². The topological polar surface area (TPSA) is 29.5 Å². The Morgan fingerprint density at radius 2 is 1.46 bits per heavy atom. The minimum absolute atomic E-state index is 0.219. The summed E-state index contributed by atoms with van der Waals surface area (Å²) in [6, 6.07) is 22.6. The molecule has 0 atom stereocenters. The van der Waals surface area contributed by atoms with E-state index in [-0.39, 0.29) is 5.75 Å².